The van der Waals surface area contributed by atoms with E-state index in [9.17, 15) is 0 Å². The third-order valence-electron chi connectivity index (χ3n) is 7.25. The molecule has 4 saturated carbocycles. The summed E-state index contributed by atoms with van der Waals surface area (Å²) in [5, 5.41) is 15.4. The molecule has 25 heavy (non-hydrogen) atoms. The van der Waals surface area contributed by atoms with Gasteiger partial charge >= 0.3 is 0 Å². The van der Waals surface area contributed by atoms with Gasteiger partial charge in [0.2, 0.25) is 0 Å². The second-order valence-electron chi connectivity index (χ2n) is 8.87. The summed E-state index contributed by atoms with van der Waals surface area (Å²) in [5.41, 5.74) is 3.68. The smallest absolute Gasteiger partial charge is 0.117 e. The van der Waals surface area contributed by atoms with Crippen molar-refractivity contribution in [1.29, 1.82) is 0 Å². The second kappa shape index (κ2) is 5.94. The van der Waals surface area contributed by atoms with E-state index >= 15 is 0 Å². The molecule has 1 aromatic carbocycles. The second-order valence-corrected chi connectivity index (χ2v) is 8.87. The first-order valence-electron chi connectivity index (χ1n) is 9.90. The molecule has 4 heteroatoms. The first-order valence-corrected chi connectivity index (χ1v) is 9.90. The molecule has 0 saturated heterocycles. The van der Waals surface area contributed by atoms with Gasteiger partial charge in [-0.1, -0.05) is 30.3 Å². The lowest BCUT2D eigenvalue weighted by Gasteiger charge is -2.59. The molecule has 1 heterocycles. The van der Waals surface area contributed by atoms with Crippen LogP contribution in [0, 0.1) is 23.2 Å². The molecule has 0 amide bonds. The van der Waals surface area contributed by atoms with Gasteiger partial charge in [-0.2, -0.15) is 15.4 Å². The molecule has 132 valence electrons. The summed E-state index contributed by atoms with van der Waals surface area (Å²) < 4.78 is 0. The van der Waals surface area contributed by atoms with E-state index in [2.05, 4.69) is 51.9 Å². The Morgan fingerprint density at radius 3 is 2.32 bits per heavy atom. The Morgan fingerprint density at radius 2 is 1.68 bits per heavy atom. The maximum absolute atomic E-state index is 4.41. The quantitative estimate of drug-likeness (QED) is 0.862. The average Bonchev–Trinajstić information content (AvgIpc) is 3.08. The zero-order valence-corrected chi connectivity index (χ0v) is 15.0. The van der Waals surface area contributed by atoms with Gasteiger partial charge in [0.25, 0.3) is 0 Å². The van der Waals surface area contributed by atoms with Gasteiger partial charge in [0.1, 0.15) is 11.4 Å². The molecule has 4 bridgehead atoms. The third-order valence-corrected chi connectivity index (χ3v) is 7.25. The molecule has 4 aliphatic rings. The van der Waals surface area contributed by atoms with Gasteiger partial charge in [-0.3, -0.25) is 0 Å². The van der Waals surface area contributed by atoms with E-state index in [0.29, 0.717) is 11.5 Å². The Bertz CT molecular complexity index is 700. The number of nitrogens with zero attached hydrogens (tertiary/aromatic N) is 2. The van der Waals surface area contributed by atoms with Crippen molar-refractivity contribution >= 4 is 0 Å². The van der Waals surface area contributed by atoms with Gasteiger partial charge < -0.3 is 5.32 Å². The van der Waals surface area contributed by atoms with Crippen molar-refractivity contribution in [3.05, 3.63) is 36.0 Å². The number of H-pyrrole nitrogens is 1. The lowest BCUT2D eigenvalue weighted by atomic mass is 9.48. The van der Waals surface area contributed by atoms with Crippen LogP contribution in [0.25, 0.3) is 11.3 Å². The number of rotatable bonds is 5. The monoisotopic (exact) mass is 336 g/mol. The summed E-state index contributed by atoms with van der Waals surface area (Å²) in [7, 11) is 0. The molecule has 0 unspecified atom stereocenters. The molecule has 1 atom stereocenters. The van der Waals surface area contributed by atoms with E-state index in [1.54, 1.807) is 0 Å². The molecule has 4 aliphatic carbocycles. The van der Waals surface area contributed by atoms with Crippen LogP contribution in [0.3, 0.4) is 0 Å². The van der Waals surface area contributed by atoms with Crippen molar-refractivity contribution in [2.45, 2.75) is 58.0 Å². The fourth-order valence-electron chi connectivity index (χ4n) is 6.38. The Hall–Kier alpha value is -1.68. The first-order chi connectivity index (χ1) is 12.2. The van der Waals surface area contributed by atoms with Gasteiger partial charge in [-0.25, -0.2) is 0 Å². The van der Waals surface area contributed by atoms with E-state index in [0.717, 1.165) is 41.2 Å². The summed E-state index contributed by atoms with van der Waals surface area (Å²) in [6.45, 7) is 3.21. The van der Waals surface area contributed by atoms with Crippen LogP contribution < -0.4 is 5.32 Å². The number of hydrogen-bond donors (Lipinski definition) is 2. The van der Waals surface area contributed by atoms with Gasteiger partial charge in [0.15, 0.2) is 0 Å². The number of aromatic amines is 1. The van der Waals surface area contributed by atoms with Gasteiger partial charge in [0, 0.05) is 18.2 Å². The third kappa shape index (κ3) is 2.71. The van der Waals surface area contributed by atoms with Gasteiger partial charge in [-0.05, 0) is 68.6 Å². The van der Waals surface area contributed by atoms with Gasteiger partial charge in [0.05, 0.1) is 0 Å². The maximum Gasteiger partial charge on any atom is 0.117 e. The number of benzene rings is 1. The SMILES string of the molecule is C[C@H](NCc1n[nH]nc1-c1ccccc1)C12CC3CC(CC(C3)C1)C2. The highest BCUT2D eigenvalue weighted by Gasteiger charge is 2.52. The maximum atomic E-state index is 4.41. The van der Waals surface area contributed by atoms with Crippen molar-refractivity contribution in [2.75, 3.05) is 0 Å². The normalized spacial score (nSPS) is 34.4. The summed E-state index contributed by atoms with van der Waals surface area (Å²) in [6.07, 6.45) is 8.85. The summed E-state index contributed by atoms with van der Waals surface area (Å²) in [6, 6.07) is 10.9. The molecule has 6 rings (SSSR count). The molecule has 2 aromatic rings. The minimum atomic E-state index is 0.533. The fraction of sp³-hybridized carbons (Fsp3) is 0.619. The van der Waals surface area contributed by atoms with Crippen LogP contribution in [-0.2, 0) is 6.54 Å². The van der Waals surface area contributed by atoms with Crippen LogP contribution in [-0.4, -0.2) is 21.5 Å². The minimum Gasteiger partial charge on any atom is -0.308 e. The zero-order valence-electron chi connectivity index (χ0n) is 15.0. The molecule has 1 aromatic heterocycles. The van der Waals surface area contributed by atoms with Crippen molar-refractivity contribution < 1.29 is 0 Å². The van der Waals surface area contributed by atoms with Crippen LogP contribution in [0.5, 0.6) is 0 Å². The van der Waals surface area contributed by atoms with Crippen LogP contribution in [0.4, 0.5) is 0 Å². The average molecular weight is 336 g/mol. The number of nitrogens with one attached hydrogen (secondary N) is 2. The van der Waals surface area contributed by atoms with E-state index < -0.39 is 0 Å². The highest BCUT2D eigenvalue weighted by atomic mass is 15.3. The summed E-state index contributed by atoms with van der Waals surface area (Å²) in [5.74, 6) is 3.01. The molecular formula is C21H28N4. The number of aromatic nitrogens is 3. The Morgan fingerprint density at radius 1 is 1.04 bits per heavy atom. The summed E-state index contributed by atoms with van der Waals surface area (Å²) >= 11 is 0. The fourth-order valence-corrected chi connectivity index (χ4v) is 6.38. The van der Waals surface area contributed by atoms with Crippen molar-refractivity contribution in [2.24, 2.45) is 23.2 Å². The molecule has 4 fully saturated rings. The van der Waals surface area contributed by atoms with Crippen LogP contribution >= 0.6 is 0 Å². The van der Waals surface area contributed by atoms with Crippen LogP contribution in [0.15, 0.2) is 30.3 Å². The summed E-state index contributed by atoms with van der Waals surface area (Å²) in [4.78, 5) is 0. The van der Waals surface area contributed by atoms with Crippen LogP contribution in [0.2, 0.25) is 0 Å². The largest absolute Gasteiger partial charge is 0.308 e. The standard InChI is InChI=1S/C21H28N4/c1-14(21-10-15-7-16(11-21)9-17(8-15)12-21)22-13-19-20(24-25-23-19)18-5-3-2-4-6-18/h2-6,14-17,22H,7-13H2,1H3,(H,23,24,25)/t14-,15?,16?,17?,21?/m0/s1. The molecule has 0 aliphatic heterocycles. The Kier molecular flexibility index (Phi) is 3.70. The predicted octanol–water partition coefficient (Wildman–Crippen LogP) is 4.17. The van der Waals surface area contributed by atoms with Crippen molar-refractivity contribution in [3.63, 3.8) is 0 Å². The highest BCUT2D eigenvalue weighted by molar-refractivity contribution is 5.60. The van der Waals surface area contributed by atoms with Crippen molar-refractivity contribution in [3.8, 4) is 11.3 Å². The zero-order chi connectivity index (χ0) is 16.9. The molecule has 0 spiro atoms. The molecule has 0 radical (unpaired) electrons. The van der Waals surface area contributed by atoms with E-state index in [4.69, 9.17) is 0 Å². The number of hydrogen-bond acceptors (Lipinski definition) is 3. The Balaban J connectivity index is 1.30. The van der Waals surface area contributed by atoms with E-state index in [1.165, 1.54) is 38.5 Å². The lowest BCUT2D eigenvalue weighted by molar-refractivity contribution is -0.0707. The first kappa shape index (κ1) is 15.6. The Labute approximate surface area is 149 Å². The van der Waals surface area contributed by atoms with Gasteiger partial charge in [-0.15, -0.1) is 0 Å². The van der Waals surface area contributed by atoms with Crippen LogP contribution in [0.1, 0.15) is 51.1 Å². The molecule has 4 nitrogen and oxygen atoms in total. The van der Waals surface area contributed by atoms with E-state index in [1.807, 2.05) is 6.07 Å². The highest BCUT2D eigenvalue weighted by Crippen LogP contribution is 2.61. The minimum absolute atomic E-state index is 0.533. The predicted molar refractivity (Wildman–Crippen MR) is 98.7 cm³/mol. The van der Waals surface area contributed by atoms with Crippen molar-refractivity contribution in [1.82, 2.24) is 20.7 Å². The van der Waals surface area contributed by atoms with E-state index in [-0.39, 0.29) is 0 Å². The molecular weight excluding hydrogens is 308 g/mol. The lowest BCUT2D eigenvalue weighted by Crippen LogP contribution is -2.54. The topological polar surface area (TPSA) is 53.6 Å². The molecule has 2 N–H and O–H groups in total.